The van der Waals surface area contributed by atoms with E-state index in [1.807, 2.05) is 27.7 Å². The van der Waals surface area contributed by atoms with Gasteiger partial charge in [-0.25, -0.2) is 9.59 Å². The smallest absolute Gasteiger partial charge is 0.410 e. The van der Waals surface area contributed by atoms with Crippen molar-refractivity contribution in [3.05, 3.63) is 44.6 Å². The van der Waals surface area contributed by atoms with Gasteiger partial charge in [0.25, 0.3) is 11.5 Å². The number of aromatic amines is 1. The molecule has 2 amide bonds. The van der Waals surface area contributed by atoms with Crippen LogP contribution >= 0.6 is 0 Å². The van der Waals surface area contributed by atoms with E-state index in [9.17, 15) is 19.2 Å². The summed E-state index contributed by atoms with van der Waals surface area (Å²) >= 11 is 0. The Hall–Kier alpha value is -3.10. The normalized spacial score (nSPS) is 14.8. The van der Waals surface area contributed by atoms with Gasteiger partial charge in [-0.3, -0.25) is 14.2 Å². The highest BCUT2D eigenvalue weighted by molar-refractivity contribution is 5.97. The lowest BCUT2D eigenvalue weighted by Gasteiger charge is -2.35. The summed E-state index contributed by atoms with van der Waals surface area (Å²) in [6, 6.07) is 4.71. The third-order valence-electron chi connectivity index (χ3n) is 4.89. The highest BCUT2D eigenvalue weighted by Crippen LogP contribution is 2.15. The summed E-state index contributed by atoms with van der Waals surface area (Å²) in [4.78, 5) is 55.7. The number of H-pyrrole nitrogens is 1. The van der Waals surface area contributed by atoms with E-state index in [4.69, 9.17) is 4.74 Å². The zero-order chi connectivity index (χ0) is 22.1. The van der Waals surface area contributed by atoms with Crippen LogP contribution in [0.2, 0.25) is 0 Å². The highest BCUT2D eigenvalue weighted by Gasteiger charge is 2.28. The molecule has 0 atom stereocenters. The molecule has 1 aromatic carbocycles. The van der Waals surface area contributed by atoms with E-state index in [2.05, 4.69) is 4.98 Å². The summed E-state index contributed by atoms with van der Waals surface area (Å²) in [5, 5.41) is 0.370. The Balaban J connectivity index is 1.75. The SMILES string of the molecule is CCCn1c(=O)[nH]c2cc(C(=O)N3CCN(C(=O)OC(C)(C)C)CC3)ccc2c1=O. The lowest BCUT2D eigenvalue weighted by atomic mass is 10.1. The molecule has 0 spiro atoms. The fraction of sp³-hybridized carbons (Fsp3) is 0.524. The molecule has 2 aromatic rings. The molecule has 1 aliphatic heterocycles. The number of amides is 2. The van der Waals surface area contributed by atoms with Gasteiger partial charge in [0.2, 0.25) is 0 Å². The van der Waals surface area contributed by atoms with Crippen LogP contribution in [-0.2, 0) is 11.3 Å². The molecule has 0 unspecified atom stereocenters. The van der Waals surface area contributed by atoms with Gasteiger partial charge in [-0.2, -0.15) is 0 Å². The average Bonchev–Trinajstić information content (AvgIpc) is 2.69. The Morgan fingerprint density at radius 1 is 1.07 bits per heavy atom. The molecule has 0 radical (unpaired) electrons. The number of aromatic nitrogens is 2. The molecule has 30 heavy (non-hydrogen) atoms. The summed E-state index contributed by atoms with van der Waals surface area (Å²) in [5.41, 5.74) is -0.681. The van der Waals surface area contributed by atoms with E-state index < -0.39 is 11.3 Å². The number of carbonyl (C=O) groups is 2. The van der Waals surface area contributed by atoms with Crippen LogP contribution in [0, 0.1) is 0 Å². The van der Waals surface area contributed by atoms with Crippen molar-refractivity contribution in [2.75, 3.05) is 26.2 Å². The molecule has 1 N–H and O–H groups in total. The van der Waals surface area contributed by atoms with E-state index in [0.29, 0.717) is 55.6 Å². The molecular formula is C21H28N4O5. The standard InChI is InChI=1S/C21H28N4O5/c1-5-8-25-18(27)15-7-6-14(13-16(15)22-19(25)28)17(26)23-9-11-24(12-10-23)20(29)30-21(2,3)4/h6-7,13H,5,8-12H2,1-4H3,(H,22,28). The predicted octanol–water partition coefficient (Wildman–Crippen LogP) is 1.79. The van der Waals surface area contributed by atoms with Crippen molar-refractivity contribution >= 4 is 22.9 Å². The second-order valence-corrected chi connectivity index (χ2v) is 8.41. The monoisotopic (exact) mass is 416 g/mol. The van der Waals surface area contributed by atoms with Gasteiger partial charge >= 0.3 is 11.8 Å². The number of hydrogen-bond acceptors (Lipinski definition) is 5. The molecule has 1 fully saturated rings. The maximum absolute atomic E-state index is 12.9. The predicted molar refractivity (Wildman–Crippen MR) is 113 cm³/mol. The number of piperazine rings is 1. The Kier molecular flexibility index (Phi) is 6.00. The van der Waals surface area contributed by atoms with Crippen LogP contribution in [0.15, 0.2) is 27.8 Å². The summed E-state index contributed by atoms with van der Waals surface area (Å²) in [7, 11) is 0. The molecule has 0 bridgehead atoms. The molecule has 1 aliphatic rings. The fourth-order valence-corrected chi connectivity index (χ4v) is 3.42. The molecule has 2 heterocycles. The summed E-state index contributed by atoms with van der Waals surface area (Å²) in [5.74, 6) is -0.209. The van der Waals surface area contributed by atoms with Crippen LogP contribution < -0.4 is 11.2 Å². The quantitative estimate of drug-likeness (QED) is 0.821. The minimum atomic E-state index is -0.568. The van der Waals surface area contributed by atoms with E-state index in [1.165, 1.54) is 10.6 Å². The van der Waals surface area contributed by atoms with Gasteiger partial charge in [0.05, 0.1) is 10.9 Å². The van der Waals surface area contributed by atoms with Gasteiger partial charge in [-0.1, -0.05) is 6.92 Å². The maximum Gasteiger partial charge on any atom is 0.410 e. The second kappa shape index (κ2) is 8.33. The van der Waals surface area contributed by atoms with Gasteiger partial charge in [0.15, 0.2) is 0 Å². The number of nitrogens with zero attached hydrogens (tertiary/aromatic N) is 3. The molecule has 3 rings (SSSR count). The van der Waals surface area contributed by atoms with Crippen molar-refractivity contribution < 1.29 is 14.3 Å². The van der Waals surface area contributed by atoms with Crippen molar-refractivity contribution in [3.63, 3.8) is 0 Å². The first-order valence-electron chi connectivity index (χ1n) is 10.1. The Labute approximate surface area is 174 Å². The van der Waals surface area contributed by atoms with Crippen molar-refractivity contribution in [1.29, 1.82) is 0 Å². The molecule has 9 nitrogen and oxygen atoms in total. The van der Waals surface area contributed by atoms with E-state index in [0.717, 1.165) is 0 Å². The number of carbonyl (C=O) groups excluding carboxylic acids is 2. The van der Waals surface area contributed by atoms with Gasteiger partial charge in [0, 0.05) is 38.3 Å². The van der Waals surface area contributed by atoms with Crippen LogP contribution in [0.5, 0.6) is 0 Å². The number of benzene rings is 1. The molecule has 0 saturated carbocycles. The largest absolute Gasteiger partial charge is 0.444 e. The number of fused-ring (bicyclic) bond motifs is 1. The minimum absolute atomic E-state index is 0.209. The zero-order valence-electron chi connectivity index (χ0n) is 17.9. The van der Waals surface area contributed by atoms with Crippen LogP contribution in [0.25, 0.3) is 10.9 Å². The first-order valence-corrected chi connectivity index (χ1v) is 10.1. The Bertz CT molecular complexity index is 1070. The first kappa shape index (κ1) is 21.6. The van der Waals surface area contributed by atoms with Crippen LogP contribution in [0.4, 0.5) is 4.79 Å². The molecule has 1 saturated heterocycles. The van der Waals surface area contributed by atoms with Crippen LogP contribution in [-0.4, -0.2) is 63.1 Å². The lowest BCUT2D eigenvalue weighted by molar-refractivity contribution is 0.0141. The molecular weight excluding hydrogens is 388 g/mol. The number of rotatable bonds is 3. The third kappa shape index (κ3) is 4.55. The third-order valence-corrected chi connectivity index (χ3v) is 4.89. The molecule has 162 valence electrons. The molecule has 1 aromatic heterocycles. The van der Waals surface area contributed by atoms with Crippen LogP contribution in [0.3, 0.4) is 0 Å². The van der Waals surface area contributed by atoms with Crippen molar-refractivity contribution in [1.82, 2.24) is 19.4 Å². The minimum Gasteiger partial charge on any atom is -0.444 e. The highest BCUT2D eigenvalue weighted by atomic mass is 16.6. The van der Waals surface area contributed by atoms with Crippen molar-refractivity contribution in [2.45, 2.75) is 46.3 Å². The van der Waals surface area contributed by atoms with Crippen molar-refractivity contribution in [3.8, 4) is 0 Å². The maximum atomic E-state index is 12.9. The Morgan fingerprint density at radius 2 is 1.70 bits per heavy atom. The van der Waals surface area contributed by atoms with Gasteiger partial charge in [0.1, 0.15) is 5.60 Å². The topological polar surface area (TPSA) is 105 Å². The number of hydrogen-bond donors (Lipinski definition) is 1. The second-order valence-electron chi connectivity index (χ2n) is 8.41. The molecule has 9 heteroatoms. The zero-order valence-corrected chi connectivity index (χ0v) is 17.9. The van der Waals surface area contributed by atoms with E-state index in [1.54, 1.807) is 21.9 Å². The number of nitrogens with one attached hydrogen (secondary N) is 1. The summed E-state index contributed by atoms with van der Waals surface area (Å²) < 4.78 is 6.54. The Morgan fingerprint density at radius 3 is 2.30 bits per heavy atom. The lowest BCUT2D eigenvalue weighted by Crippen LogP contribution is -2.51. The van der Waals surface area contributed by atoms with Gasteiger partial charge in [-0.15, -0.1) is 0 Å². The van der Waals surface area contributed by atoms with Gasteiger partial charge in [-0.05, 0) is 45.4 Å². The average molecular weight is 416 g/mol. The van der Waals surface area contributed by atoms with Crippen molar-refractivity contribution in [2.24, 2.45) is 0 Å². The van der Waals surface area contributed by atoms with Gasteiger partial charge < -0.3 is 19.5 Å². The number of ether oxygens (including phenoxy) is 1. The van der Waals surface area contributed by atoms with Crippen LogP contribution in [0.1, 0.15) is 44.5 Å². The first-order chi connectivity index (χ1) is 14.1. The molecule has 0 aliphatic carbocycles. The fourth-order valence-electron chi connectivity index (χ4n) is 3.42. The van der Waals surface area contributed by atoms with E-state index >= 15 is 0 Å². The summed E-state index contributed by atoms with van der Waals surface area (Å²) in [6.07, 6.45) is 0.279. The van der Waals surface area contributed by atoms with E-state index in [-0.39, 0.29) is 17.6 Å². The summed E-state index contributed by atoms with van der Waals surface area (Å²) in [6.45, 7) is 9.19.